The number of nitrogens with one attached hydrogen (secondary N) is 1. The van der Waals surface area contributed by atoms with Crippen LogP contribution in [0.15, 0.2) is 18.2 Å². The molecule has 2 amide bonds. The topological polar surface area (TPSA) is 78.7 Å². The van der Waals surface area contributed by atoms with E-state index in [0.717, 1.165) is 31.5 Å². The first-order chi connectivity index (χ1) is 11.1. The molecule has 0 saturated carbocycles. The summed E-state index contributed by atoms with van der Waals surface area (Å²) in [6.45, 7) is 1.92. The molecule has 1 atom stereocenters. The predicted molar refractivity (Wildman–Crippen MR) is 105 cm³/mol. The Kier molecular flexibility index (Phi) is 7.99. The number of nitrogens with two attached hydrogens (primary N) is 1. The number of fused-ring (bicyclic) bond motifs is 1. The Labute approximate surface area is 160 Å². The van der Waals surface area contributed by atoms with Crippen molar-refractivity contribution in [2.75, 3.05) is 36.9 Å². The fourth-order valence-electron chi connectivity index (χ4n) is 3.38. The molecule has 2 heterocycles. The minimum atomic E-state index is -0.0157. The summed E-state index contributed by atoms with van der Waals surface area (Å²) in [5.74, 6) is -0.0119. The second-order valence-corrected chi connectivity index (χ2v) is 6.34. The van der Waals surface area contributed by atoms with Gasteiger partial charge in [-0.15, -0.1) is 24.8 Å². The molecule has 0 aliphatic carbocycles. The zero-order valence-corrected chi connectivity index (χ0v) is 16.0. The molecular formula is C17H26Cl2N4O2. The number of likely N-dealkylation sites (tertiary alicyclic amines) is 1. The summed E-state index contributed by atoms with van der Waals surface area (Å²) >= 11 is 0. The van der Waals surface area contributed by atoms with Crippen LogP contribution in [0, 0.1) is 0 Å². The first-order valence-electron chi connectivity index (χ1n) is 8.26. The van der Waals surface area contributed by atoms with E-state index in [1.165, 1.54) is 0 Å². The number of amides is 2. The van der Waals surface area contributed by atoms with Gasteiger partial charge in [-0.2, -0.15) is 0 Å². The molecule has 3 rings (SSSR count). The number of hydrogen-bond donors (Lipinski definition) is 2. The average molecular weight is 389 g/mol. The van der Waals surface area contributed by atoms with Crippen LogP contribution in [0.5, 0.6) is 0 Å². The van der Waals surface area contributed by atoms with E-state index in [9.17, 15) is 9.59 Å². The molecule has 6 nitrogen and oxygen atoms in total. The van der Waals surface area contributed by atoms with Crippen LogP contribution in [0.3, 0.4) is 0 Å². The molecule has 1 fully saturated rings. The van der Waals surface area contributed by atoms with Gasteiger partial charge in [-0.1, -0.05) is 0 Å². The molecule has 0 spiro atoms. The zero-order valence-electron chi connectivity index (χ0n) is 14.4. The average Bonchev–Trinajstić information content (AvgIpc) is 2.72. The number of anilines is 2. The number of benzene rings is 1. The number of nitrogens with zero attached hydrogens (tertiary/aromatic N) is 2. The molecule has 0 bridgehead atoms. The van der Waals surface area contributed by atoms with Gasteiger partial charge in [0.2, 0.25) is 5.91 Å². The molecular weight excluding hydrogens is 363 g/mol. The molecule has 2 aliphatic heterocycles. The molecule has 1 unspecified atom stereocenters. The maximum Gasteiger partial charge on any atom is 0.254 e. The third-order valence-corrected chi connectivity index (χ3v) is 4.76. The van der Waals surface area contributed by atoms with Crippen molar-refractivity contribution < 1.29 is 9.59 Å². The third kappa shape index (κ3) is 4.57. The molecule has 140 valence electrons. The summed E-state index contributed by atoms with van der Waals surface area (Å²) in [6, 6.07) is 5.67. The van der Waals surface area contributed by atoms with E-state index in [-0.39, 0.29) is 42.7 Å². The van der Waals surface area contributed by atoms with E-state index in [4.69, 9.17) is 5.73 Å². The highest BCUT2D eigenvalue weighted by molar-refractivity contribution is 6.01. The summed E-state index contributed by atoms with van der Waals surface area (Å²) in [5.41, 5.74) is 8.09. The molecule has 1 aromatic rings. The van der Waals surface area contributed by atoms with Crippen molar-refractivity contribution in [3.05, 3.63) is 23.8 Å². The predicted octanol–water partition coefficient (Wildman–Crippen LogP) is 2.26. The second-order valence-electron chi connectivity index (χ2n) is 6.34. The lowest BCUT2D eigenvalue weighted by Gasteiger charge is -2.35. The third-order valence-electron chi connectivity index (χ3n) is 4.76. The first-order valence-corrected chi connectivity index (χ1v) is 8.26. The molecule has 25 heavy (non-hydrogen) atoms. The van der Waals surface area contributed by atoms with Crippen molar-refractivity contribution in [1.82, 2.24) is 4.90 Å². The van der Waals surface area contributed by atoms with Crippen molar-refractivity contribution in [2.45, 2.75) is 31.7 Å². The quantitative estimate of drug-likeness (QED) is 0.814. The number of carbonyl (C=O) groups is 2. The van der Waals surface area contributed by atoms with Crippen LogP contribution < -0.4 is 16.0 Å². The van der Waals surface area contributed by atoms with Gasteiger partial charge in [0.15, 0.2) is 0 Å². The maximum atomic E-state index is 12.8. The van der Waals surface area contributed by atoms with Gasteiger partial charge in [0, 0.05) is 44.7 Å². The van der Waals surface area contributed by atoms with E-state index < -0.39 is 0 Å². The van der Waals surface area contributed by atoms with E-state index in [1.54, 1.807) is 6.07 Å². The SMILES string of the molecule is CN1CCC(=O)Nc2cc(C(=O)N3CCCCC3CN)ccc21.Cl.Cl. The monoisotopic (exact) mass is 388 g/mol. The van der Waals surface area contributed by atoms with Crippen LogP contribution in [0.2, 0.25) is 0 Å². The van der Waals surface area contributed by atoms with Crippen LogP contribution in [-0.4, -0.2) is 49.4 Å². The van der Waals surface area contributed by atoms with Crippen LogP contribution >= 0.6 is 24.8 Å². The van der Waals surface area contributed by atoms with Gasteiger partial charge in [0.05, 0.1) is 11.4 Å². The maximum absolute atomic E-state index is 12.8. The van der Waals surface area contributed by atoms with E-state index >= 15 is 0 Å². The van der Waals surface area contributed by atoms with Crippen LogP contribution in [0.25, 0.3) is 0 Å². The van der Waals surface area contributed by atoms with Gasteiger partial charge >= 0.3 is 0 Å². The minimum absolute atomic E-state index is 0. The summed E-state index contributed by atoms with van der Waals surface area (Å²) < 4.78 is 0. The van der Waals surface area contributed by atoms with Crippen LogP contribution in [0.4, 0.5) is 11.4 Å². The first kappa shape index (κ1) is 21.5. The summed E-state index contributed by atoms with van der Waals surface area (Å²) in [5, 5.41) is 2.90. The minimum Gasteiger partial charge on any atom is -0.372 e. The molecule has 0 aromatic heterocycles. The molecule has 8 heteroatoms. The highest BCUT2D eigenvalue weighted by Crippen LogP contribution is 2.30. The Hall–Kier alpha value is -1.50. The van der Waals surface area contributed by atoms with Gasteiger partial charge in [-0.25, -0.2) is 0 Å². The van der Waals surface area contributed by atoms with Gasteiger partial charge in [-0.05, 0) is 37.5 Å². The van der Waals surface area contributed by atoms with Gasteiger partial charge in [0.25, 0.3) is 5.91 Å². The van der Waals surface area contributed by atoms with E-state index in [1.807, 2.05) is 29.0 Å². The summed E-state index contributed by atoms with van der Waals surface area (Å²) in [4.78, 5) is 28.6. The van der Waals surface area contributed by atoms with Crippen molar-refractivity contribution in [1.29, 1.82) is 0 Å². The van der Waals surface area contributed by atoms with Crippen molar-refractivity contribution in [2.24, 2.45) is 5.73 Å². The second kappa shape index (κ2) is 9.27. The molecule has 0 radical (unpaired) electrons. The molecule has 1 aromatic carbocycles. The van der Waals surface area contributed by atoms with E-state index in [2.05, 4.69) is 5.32 Å². The summed E-state index contributed by atoms with van der Waals surface area (Å²) in [6.07, 6.45) is 3.56. The summed E-state index contributed by atoms with van der Waals surface area (Å²) in [7, 11) is 1.95. The lowest BCUT2D eigenvalue weighted by Crippen LogP contribution is -2.47. The number of hydrogen-bond acceptors (Lipinski definition) is 4. The number of carbonyl (C=O) groups excluding carboxylic acids is 2. The fourth-order valence-corrected chi connectivity index (χ4v) is 3.38. The standard InChI is InChI=1S/C17H24N4O2.2ClH/c1-20-9-7-16(22)19-14-10-12(5-6-15(14)20)17(23)21-8-3-2-4-13(21)11-18;;/h5-6,10,13H,2-4,7-9,11,18H2,1H3,(H,19,22);2*1H. The van der Waals surface area contributed by atoms with Crippen molar-refractivity contribution in [3.8, 4) is 0 Å². The van der Waals surface area contributed by atoms with Crippen LogP contribution in [-0.2, 0) is 4.79 Å². The Morgan fingerprint density at radius 1 is 1.28 bits per heavy atom. The Balaban J connectivity index is 0.00000156. The lowest BCUT2D eigenvalue weighted by atomic mass is 10.0. The Morgan fingerprint density at radius 3 is 2.76 bits per heavy atom. The largest absolute Gasteiger partial charge is 0.372 e. The Morgan fingerprint density at radius 2 is 2.04 bits per heavy atom. The number of rotatable bonds is 2. The van der Waals surface area contributed by atoms with E-state index in [0.29, 0.717) is 30.8 Å². The lowest BCUT2D eigenvalue weighted by molar-refractivity contribution is -0.115. The number of piperidine rings is 1. The molecule has 2 aliphatic rings. The molecule has 1 saturated heterocycles. The van der Waals surface area contributed by atoms with Gasteiger partial charge < -0.3 is 20.9 Å². The Bertz CT molecular complexity index is 627. The smallest absolute Gasteiger partial charge is 0.254 e. The van der Waals surface area contributed by atoms with Gasteiger partial charge in [0.1, 0.15) is 0 Å². The highest BCUT2D eigenvalue weighted by Gasteiger charge is 2.27. The molecule has 3 N–H and O–H groups in total. The highest BCUT2D eigenvalue weighted by atomic mass is 35.5. The van der Waals surface area contributed by atoms with Crippen molar-refractivity contribution >= 4 is 48.0 Å². The van der Waals surface area contributed by atoms with Crippen LogP contribution in [0.1, 0.15) is 36.0 Å². The van der Waals surface area contributed by atoms with Crippen molar-refractivity contribution in [3.63, 3.8) is 0 Å². The normalized spacial score (nSPS) is 19.8. The number of halogens is 2. The van der Waals surface area contributed by atoms with Gasteiger partial charge in [-0.3, -0.25) is 9.59 Å². The zero-order chi connectivity index (χ0) is 16.4. The fraction of sp³-hybridized carbons (Fsp3) is 0.529.